The van der Waals surface area contributed by atoms with Gasteiger partial charge in [-0.3, -0.25) is 9.69 Å². The molecule has 4 nitrogen and oxygen atoms in total. The molecule has 0 bridgehead atoms. The second-order valence-electron chi connectivity index (χ2n) is 5.48. The van der Waals surface area contributed by atoms with E-state index in [4.69, 9.17) is 9.47 Å². The smallest absolute Gasteiger partial charge is 0.168 e. The Morgan fingerprint density at radius 2 is 1.91 bits per heavy atom. The molecular formula is C18H18FNO3. The Morgan fingerprint density at radius 1 is 1.22 bits per heavy atom. The molecule has 1 heterocycles. The lowest BCUT2D eigenvalue weighted by atomic mass is 10.1. The summed E-state index contributed by atoms with van der Waals surface area (Å²) in [4.78, 5) is 13.3. The molecule has 5 heteroatoms. The lowest BCUT2D eigenvalue weighted by molar-refractivity contribution is -0.123. The second kappa shape index (κ2) is 6.89. The summed E-state index contributed by atoms with van der Waals surface area (Å²) in [6, 6.07) is 13.9. The van der Waals surface area contributed by atoms with E-state index in [1.807, 2.05) is 29.2 Å². The molecule has 0 aromatic heterocycles. The Balaban J connectivity index is 1.71. The van der Waals surface area contributed by atoms with Crippen LogP contribution in [0.1, 0.15) is 17.2 Å². The Morgan fingerprint density at radius 3 is 2.52 bits per heavy atom. The van der Waals surface area contributed by atoms with Crippen molar-refractivity contribution in [1.82, 2.24) is 4.90 Å². The van der Waals surface area contributed by atoms with Crippen LogP contribution >= 0.6 is 0 Å². The van der Waals surface area contributed by atoms with Gasteiger partial charge in [0.05, 0.1) is 13.2 Å². The van der Waals surface area contributed by atoms with E-state index in [0.29, 0.717) is 13.1 Å². The first-order valence-corrected chi connectivity index (χ1v) is 7.43. The number of carbonyl (C=O) groups is 1. The molecule has 23 heavy (non-hydrogen) atoms. The number of rotatable bonds is 5. The lowest BCUT2D eigenvalue weighted by Crippen LogP contribution is -2.30. The molecule has 1 aliphatic heterocycles. The van der Waals surface area contributed by atoms with Gasteiger partial charge in [-0.2, -0.15) is 0 Å². The first-order chi connectivity index (χ1) is 11.2. The summed E-state index contributed by atoms with van der Waals surface area (Å²) in [6.45, 7) is 1.19. The van der Waals surface area contributed by atoms with Crippen LogP contribution in [0.3, 0.4) is 0 Å². The summed E-state index contributed by atoms with van der Waals surface area (Å²) >= 11 is 0. The first kappa shape index (κ1) is 15.6. The van der Waals surface area contributed by atoms with Crippen molar-refractivity contribution in [2.24, 2.45) is 0 Å². The van der Waals surface area contributed by atoms with Gasteiger partial charge in [0.15, 0.2) is 12.5 Å². The van der Waals surface area contributed by atoms with Crippen LogP contribution in [0.5, 0.6) is 5.75 Å². The minimum atomic E-state index is -0.591. The fraction of sp³-hybridized carbons (Fsp3) is 0.278. The number of nitrogens with zero attached hydrogens (tertiary/aromatic N) is 1. The minimum Gasteiger partial charge on any atom is -0.497 e. The van der Waals surface area contributed by atoms with Gasteiger partial charge in [-0.25, -0.2) is 4.39 Å². The third-order valence-electron chi connectivity index (χ3n) is 3.97. The predicted octanol–water partition coefficient (Wildman–Crippen LogP) is 2.93. The highest BCUT2D eigenvalue weighted by Crippen LogP contribution is 2.29. The molecule has 0 aliphatic carbocycles. The summed E-state index contributed by atoms with van der Waals surface area (Å²) in [5, 5.41) is 0. The van der Waals surface area contributed by atoms with E-state index in [1.54, 1.807) is 19.2 Å². The largest absolute Gasteiger partial charge is 0.497 e. The van der Waals surface area contributed by atoms with Crippen LogP contribution in [0.2, 0.25) is 0 Å². The zero-order chi connectivity index (χ0) is 16.2. The van der Waals surface area contributed by atoms with Crippen molar-refractivity contribution in [3.8, 4) is 5.75 Å². The molecular weight excluding hydrogens is 297 g/mol. The molecule has 2 aromatic carbocycles. The van der Waals surface area contributed by atoms with Gasteiger partial charge in [0.25, 0.3) is 0 Å². The number of carbonyl (C=O) groups excluding carboxylic acids is 1. The Hall–Kier alpha value is -2.24. The average Bonchev–Trinajstić information content (AvgIpc) is 2.99. The molecule has 1 aliphatic rings. The Kier molecular flexibility index (Phi) is 4.69. The molecule has 0 spiro atoms. The summed E-state index contributed by atoms with van der Waals surface area (Å²) < 4.78 is 23.9. The molecule has 0 N–H and O–H groups in total. The number of hydrogen-bond acceptors (Lipinski definition) is 4. The van der Waals surface area contributed by atoms with Crippen molar-refractivity contribution in [3.63, 3.8) is 0 Å². The van der Waals surface area contributed by atoms with E-state index in [9.17, 15) is 9.18 Å². The third-order valence-corrected chi connectivity index (χ3v) is 3.97. The monoisotopic (exact) mass is 315 g/mol. The zero-order valence-corrected chi connectivity index (χ0v) is 12.8. The Labute approximate surface area is 134 Å². The topological polar surface area (TPSA) is 38.8 Å². The number of aldehydes is 1. The van der Waals surface area contributed by atoms with E-state index >= 15 is 0 Å². The number of methoxy groups -OCH3 is 1. The summed E-state index contributed by atoms with van der Waals surface area (Å²) in [5.41, 5.74) is 1.94. The molecule has 1 saturated heterocycles. The molecule has 2 unspecified atom stereocenters. The van der Waals surface area contributed by atoms with Gasteiger partial charge in [-0.1, -0.05) is 24.3 Å². The predicted molar refractivity (Wildman–Crippen MR) is 83.5 cm³/mol. The van der Waals surface area contributed by atoms with Gasteiger partial charge in [-0.15, -0.1) is 0 Å². The highest BCUT2D eigenvalue weighted by atomic mass is 19.1. The fourth-order valence-corrected chi connectivity index (χ4v) is 2.71. The van der Waals surface area contributed by atoms with Crippen LogP contribution in [0, 0.1) is 5.82 Å². The maximum absolute atomic E-state index is 13.0. The summed E-state index contributed by atoms with van der Waals surface area (Å²) in [5.74, 6) is 0.510. The zero-order valence-electron chi connectivity index (χ0n) is 12.8. The third kappa shape index (κ3) is 3.57. The SMILES string of the molecule is COc1ccc(CN2CC(c3ccc(F)cc3)OC2C=O)cc1. The van der Waals surface area contributed by atoms with Crippen molar-refractivity contribution in [3.05, 3.63) is 65.5 Å². The van der Waals surface area contributed by atoms with E-state index in [1.165, 1.54) is 12.1 Å². The number of hydrogen-bond donors (Lipinski definition) is 0. The van der Waals surface area contributed by atoms with Crippen LogP contribution in [-0.2, 0) is 16.1 Å². The molecule has 0 saturated carbocycles. The number of benzene rings is 2. The molecule has 3 rings (SSSR count). The fourth-order valence-electron chi connectivity index (χ4n) is 2.71. The van der Waals surface area contributed by atoms with Crippen LogP contribution in [-0.4, -0.2) is 31.1 Å². The van der Waals surface area contributed by atoms with Crippen LogP contribution < -0.4 is 4.74 Å². The molecule has 2 aromatic rings. The van der Waals surface area contributed by atoms with Crippen LogP contribution in [0.4, 0.5) is 4.39 Å². The normalized spacial score (nSPS) is 21.3. The highest BCUT2D eigenvalue weighted by molar-refractivity contribution is 5.56. The maximum Gasteiger partial charge on any atom is 0.168 e. The van der Waals surface area contributed by atoms with Crippen molar-refractivity contribution in [2.75, 3.05) is 13.7 Å². The number of ether oxygens (including phenoxy) is 2. The molecule has 2 atom stereocenters. The molecule has 0 radical (unpaired) electrons. The van der Waals surface area contributed by atoms with Gasteiger partial charge in [0.1, 0.15) is 11.6 Å². The molecule has 120 valence electrons. The summed E-state index contributed by atoms with van der Waals surface area (Å²) in [6.07, 6.45) is -0.0243. The Bertz CT molecular complexity index is 657. The standard InChI is InChI=1S/C18H18FNO3/c1-22-16-8-2-13(3-9-16)10-20-11-17(23-18(20)12-21)14-4-6-15(19)7-5-14/h2-9,12,17-18H,10-11H2,1H3. The minimum absolute atomic E-state index is 0.232. The van der Waals surface area contributed by atoms with Crippen LogP contribution in [0.15, 0.2) is 48.5 Å². The van der Waals surface area contributed by atoms with Crippen molar-refractivity contribution in [1.29, 1.82) is 0 Å². The van der Waals surface area contributed by atoms with Gasteiger partial charge in [-0.05, 0) is 35.4 Å². The lowest BCUT2D eigenvalue weighted by Gasteiger charge is -2.18. The highest BCUT2D eigenvalue weighted by Gasteiger charge is 2.33. The second-order valence-corrected chi connectivity index (χ2v) is 5.48. The first-order valence-electron chi connectivity index (χ1n) is 7.43. The van der Waals surface area contributed by atoms with Crippen LogP contribution in [0.25, 0.3) is 0 Å². The summed E-state index contributed by atoms with van der Waals surface area (Å²) in [7, 11) is 1.62. The number of halogens is 1. The van der Waals surface area contributed by atoms with E-state index in [2.05, 4.69) is 0 Å². The maximum atomic E-state index is 13.0. The van der Waals surface area contributed by atoms with Gasteiger partial charge in [0, 0.05) is 13.1 Å². The van der Waals surface area contributed by atoms with Crippen molar-refractivity contribution < 1.29 is 18.7 Å². The van der Waals surface area contributed by atoms with E-state index in [-0.39, 0.29) is 11.9 Å². The van der Waals surface area contributed by atoms with E-state index < -0.39 is 6.23 Å². The van der Waals surface area contributed by atoms with Crippen molar-refractivity contribution in [2.45, 2.75) is 18.9 Å². The van der Waals surface area contributed by atoms with E-state index in [0.717, 1.165) is 23.2 Å². The average molecular weight is 315 g/mol. The van der Waals surface area contributed by atoms with Gasteiger partial charge >= 0.3 is 0 Å². The molecule has 1 fully saturated rings. The molecule has 0 amide bonds. The van der Waals surface area contributed by atoms with Crippen molar-refractivity contribution >= 4 is 6.29 Å². The van der Waals surface area contributed by atoms with Gasteiger partial charge in [0.2, 0.25) is 0 Å². The quantitative estimate of drug-likeness (QED) is 0.795. The van der Waals surface area contributed by atoms with Gasteiger partial charge < -0.3 is 9.47 Å².